The molecular formula is C28H37ClN6O2. The van der Waals surface area contributed by atoms with Crippen LogP contribution in [0.4, 0.5) is 11.6 Å². The zero-order chi connectivity index (χ0) is 27.1. The van der Waals surface area contributed by atoms with Gasteiger partial charge in [-0.15, -0.1) is 0 Å². The fraction of sp³-hybridized carbons (Fsp3) is 0.536. The van der Waals surface area contributed by atoms with Crippen LogP contribution in [-0.4, -0.2) is 58.4 Å². The first-order chi connectivity index (χ1) is 17.6. The summed E-state index contributed by atoms with van der Waals surface area (Å²) < 4.78 is 6.29. The van der Waals surface area contributed by atoms with E-state index in [1.807, 2.05) is 26.8 Å². The van der Waals surface area contributed by atoms with Gasteiger partial charge >= 0.3 is 0 Å². The zero-order valence-corrected chi connectivity index (χ0v) is 23.4. The summed E-state index contributed by atoms with van der Waals surface area (Å²) in [6.07, 6.45) is 2.39. The van der Waals surface area contributed by atoms with Crippen LogP contribution in [0, 0.1) is 11.3 Å². The highest BCUT2D eigenvalue weighted by atomic mass is 35.5. The molecule has 37 heavy (non-hydrogen) atoms. The number of nitrogen functional groups attached to an aromatic ring is 1. The number of nitrogens with zero attached hydrogens (tertiary/aromatic N) is 5. The summed E-state index contributed by atoms with van der Waals surface area (Å²) in [6.45, 7) is 15.0. The van der Waals surface area contributed by atoms with Crippen molar-refractivity contribution in [3.8, 4) is 11.8 Å². The normalized spacial score (nSPS) is 17.3. The standard InChI is InChI=1S/C28H37ClN6O2/c1-7-18-13-35(27-23(16(18)3)26(31)32-15-33-27)17(4)20-9-22(29)21(10-30)24(25(20)37-8-2)19-11-34(12-19)28(5,6)14-36/h9,15,17,19,36H,7-8,11-14H2,1-6H3,(H2,31,32,33). The van der Waals surface area contributed by atoms with Crippen molar-refractivity contribution in [1.29, 1.82) is 5.26 Å². The van der Waals surface area contributed by atoms with Crippen molar-refractivity contribution >= 4 is 28.8 Å². The van der Waals surface area contributed by atoms with E-state index in [0.717, 1.165) is 40.3 Å². The molecule has 0 aliphatic carbocycles. The fourth-order valence-corrected chi connectivity index (χ4v) is 5.72. The van der Waals surface area contributed by atoms with Crippen molar-refractivity contribution in [2.75, 3.05) is 43.5 Å². The van der Waals surface area contributed by atoms with Crippen LogP contribution in [0.2, 0.25) is 5.02 Å². The van der Waals surface area contributed by atoms with Crippen LogP contribution in [0.15, 0.2) is 18.0 Å². The molecule has 0 amide bonds. The molecule has 3 heterocycles. The first-order valence-electron chi connectivity index (χ1n) is 12.9. The van der Waals surface area contributed by atoms with Crippen LogP contribution in [0.5, 0.6) is 5.75 Å². The summed E-state index contributed by atoms with van der Waals surface area (Å²) in [7, 11) is 0. The average Bonchev–Trinajstić information content (AvgIpc) is 2.84. The minimum atomic E-state index is -0.332. The maximum atomic E-state index is 10.1. The first-order valence-corrected chi connectivity index (χ1v) is 13.3. The second kappa shape index (κ2) is 10.5. The number of hydrogen-bond acceptors (Lipinski definition) is 8. The monoisotopic (exact) mass is 524 g/mol. The Balaban J connectivity index is 1.83. The largest absolute Gasteiger partial charge is 0.493 e. The van der Waals surface area contributed by atoms with Gasteiger partial charge in [-0.25, -0.2) is 9.97 Å². The smallest absolute Gasteiger partial charge is 0.142 e. The first kappa shape index (κ1) is 27.2. The molecule has 9 heteroatoms. The third-order valence-electron chi connectivity index (χ3n) is 7.97. The van der Waals surface area contributed by atoms with E-state index in [1.54, 1.807) is 0 Å². The number of rotatable bonds is 8. The number of fused-ring (bicyclic) bond motifs is 1. The van der Waals surface area contributed by atoms with Crippen molar-refractivity contribution in [3.05, 3.63) is 45.2 Å². The second-order valence-corrected chi connectivity index (χ2v) is 10.9. The van der Waals surface area contributed by atoms with E-state index < -0.39 is 0 Å². The molecular weight excluding hydrogens is 488 g/mol. The number of nitriles is 1. The molecule has 2 aliphatic heterocycles. The number of likely N-dealkylation sites (tertiary alicyclic amines) is 1. The van der Waals surface area contributed by atoms with E-state index in [4.69, 9.17) is 22.1 Å². The summed E-state index contributed by atoms with van der Waals surface area (Å²) in [4.78, 5) is 13.3. The lowest BCUT2D eigenvalue weighted by molar-refractivity contribution is -0.00313. The van der Waals surface area contributed by atoms with Crippen LogP contribution in [0.25, 0.3) is 5.57 Å². The second-order valence-electron chi connectivity index (χ2n) is 10.5. The molecule has 8 nitrogen and oxygen atoms in total. The Bertz CT molecular complexity index is 1260. The minimum Gasteiger partial charge on any atom is -0.493 e. The van der Waals surface area contributed by atoms with Gasteiger partial charge in [0.1, 0.15) is 29.8 Å². The highest BCUT2D eigenvalue weighted by molar-refractivity contribution is 6.32. The van der Waals surface area contributed by atoms with Gasteiger partial charge in [-0.1, -0.05) is 18.5 Å². The number of halogens is 1. The Morgan fingerprint density at radius 1 is 1.32 bits per heavy atom. The van der Waals surface area contributed by atoms with Crippen molar-refractivity contribution < 1.29 is 9.84 Å². The van der Waals surface area contributed by atoms with Gasteiger partial charge in [0.25, 0.3) is 0 Å². The van der Waals surface area contributed by atoms with Crippen molar-refractivity contribution in [2.24, 2.45) is 0 Å². The number of allylic oxidation sites excluding steroid dienone is 1. The van der Waals surface area contributed by atoms with E-state index in [2.05, 4.69) is 46.6 Å². The minimum absolute atomic E-state index is 0.0625. The molecule has 1 aromatic carbocycles. The summed E-state index contributed by atoms with van der Waals surface area (Å²) in [5.41, 5.74) is 11.5. The molecule has 2 aliphatic rings. The summed E-state index contributed by atoms with van der Waals surface area (Å²) in [6, 6.07) is 4.05. The molecule has 3 N–H and O–H groups in total. The third-order valence-corrected chi connectivity index (χ3v) is 8.27. The Labute approximate surface area is 224 Å². The molecule has 0 spiro atoms. The highest BCUT2D eigenvalue weighted by Gasteiger charge is 2.41. The number of ether oxygens (including phenoxy) is 1. The van der Waals surface area contributed by atoms with Gasteiger partial charge in [-0.3, -0.25) is 4.90 Å². The maximum Gasteiger partial charge on any atom is 0.142 e. The van der Waals surface area contributed by atoms with Crippen LogP contribution < -0.4 is 15.4 Å². The van der Waals surface area contributed by atoms with Crippen molar-refractivity contribution in [1.82, 2.24) is 14.9 Å². The number of aliphatic hydroxyl groups is 1. The predicted octanol–water partition coefficient (Wildman–Crippen LogP) is 4.92. The van der Waals surface area contributed by atoms with Gasteiger partial charge in [0.2, 0.25) is 0 Å². The molecule has 2 aromatic rings. The van der Waals surface area contributed by atoms with Crippen LogP contribution >= 0.6 is 11.6 Å². The quantitative estimate of drug-likeness (QED) is 0.500. The summed E-state index contributed by atoms with van der Waals surface area (Å²) in [5.74, 6) is 2.05. The van der Waals surface area contributed by atoms with E-state index in [1.165, 1.54) is 11.9 Å². The van der Waals surface area contributed by atoms with Crippen LogP contribution in [0.1, 0.15) is 82.2 Å². The van der Waals surface area contributed by atoms with Crippen molar-refractivity contribution in [2.45, 2.75) is 65.5 Å². The number of anilines is 2. The number of benzene rings is 1. The van der Waals surface area contributed by atoms with Gasteiger partial charge in [-0.2, -0.15) is 5.26 Å². The summed E-state index contributed by atoms with van der Waals surface area (Å²) >= 11 is 6.77. The van der Waals surface area contributed by atoms with Gasteiger partial charge in [0, 0.05) is 42.2 Å². The Morgan fingerprint density at radius 3 is 2.62 bits per heavy atom. The third kappa shape index (κ3) is 4.65. The Morgan fingerprint density at radius 2 is 2.03 bits per heavy atom. The number of hydrogen-bond donors (Lipinski definition) is 2. The van der Waals surface area contributed by atoms with Gasteiger partial charge in [0.15, 0.2) is 0 Å². The number of aliphatic hydroxyl groups excluding tert-OH is 1. The molecule has 4 rings (SSSR count). The van der Waals surface area contributed by atoms with Crippen LogP contribution in [-0.2, 0) is 0 Å². The molecule has 198 valence electrons. The molecule has 0 saturated carbocycles. The molecule has 0 radical (unpaired) electrons. The molecule has 1 saturated heterocycles. The molecule has 0 bridgehead atoms. The lowest BCUT2D eigenvalue weighted by Crippen LogP contribution is -2.57. The van der Waals surface area contributed by atoms with Gasteiger partial charge < -0.3 is 20.5 Å². The summed E-state index contributed by atoms with van der Waals surface area (Å²) in [5, 5.41) is 20.3. The van der Waals surface area contributed by atoms with Crippen LogP contribution in [0.3, 0.4) is 0 Å². The lowest BCUT2D eigenvalue weighted by Gasteiger charge is -2.49. The molecule has 1 aromatic heterocycles. The van der Waals surface area contributed by atoms with E-state index in [0.29, 0.717) is 42.6 Å². The van der Waals surface area contributed by atoms with Gasteiger partial charge in [0.05, 0.1) is 35.4 Å². The Hall–Kier alpha value is -2.86. The molecule has 1 unspecified atom stereocenters. The zero-order valence-electron chi connectivity index (χ0n) is 22.6. The molecule has 1 fully saturated rings. The predicted molar refractivity (Wildman–Crippen MR) is 148 cm³/mol. The average molecular weight is 525 g/mol. The van der Waals surface area contributed by atoms with E-state index in [-0.39, 0.29) is 24.1 Å². The lowest BCUT2D eigenvalue weighted by atomic mass is 9.82. The van der Waals surface area contributed by atoms with E-state index in [9.17, 15) is 10.4 Å². The van der Waals surface area contributed by atoms with E-state index >= 15 is 0 Å². The maximum absolute atomic E-state index is 10.1. The topological polar surface area (TPSA) is 112 Å². The molecule has 1 atom stereocenters. The number of aromatic nitrogens is 2. The highest BCUT2D eigenvalue weighted by Crippen LogP contribution is 2.47. The number of nitrogens with two attached hydrogens (primary N) is 1. The van der Waals surface area contributed by atoms with Gasteiger partial charge in [-0.05, 0) is 58.3 Å². The SMILES string of the molecule is CCOc1c(C(C)N2CC(CC)=C(C)c3c(N)ncnc32)cc(Cl)c(C#N)c1C1CN(C(C)(C)CO)C1. The Kier molecular flexibility index (Phi) is 7.70. The van der Waals surface area contributed by atoms with Crippen molar-refractivity contribution in [3.63, 3.8) is 0 Å². The fourth-order valence-electron chi connectivity index (χ4n) is 5.45.